The Kier molecular flexibility index (Phi) is 7.77. The fraction of sp³-hybridized carbons (Fsp3) is 0.217. The fourth-order valence-corrected chi connectivity index (χ4v) is 3.20. The highest BCUT2D eigenvalue weighted by Gasteiger charge is 2.23. The van der Waals surface area contributed by atoms with Gasteiger partial charge in [-0.15, -0.1) is 0 Å². The molecule has 0 saturated carbocycles. The number of carbonyl (C=O) groups is 3. The zero-order chi connectivity index (χ0) is 25.5. The number of rotatable bonds is 9. The molecule has 35 heavy (non-hydrogen) atoms. The van der Waals surface area contributed by atoms with Crippen LogP contribution in [0.3, 0.4) is 0 Å². The molecule has 2 aromatic carbocycles. The van der Waals surface area contributed by atoms with Gasteiger partial charge in [0.2, 0.25) is 0 Å². The third-order valence-corrected chi connectivity index (χ3v) is 4.95. The predicted octanol–water partition coefficient (Wildman–Crippen LogP) is 2.85. The Morgan fingerprint density at radius 2 is 1.60 bits per heavy atom. The van der Waals surface area contributed by atoms with E-state index < -0.39 is 23.4 Å². The minimum absolute atomic E-state index is 0.170. The maximum atomic E-state index is 12.4. The summed E-state index contributed by atoms with van der Waals surface area (Å²) in [5.41, 5.74) is 1.61. The van der Waals surface area contributed by atoms with Crippen molar-refractivity contribution in [3.8, 4) is 5.75 Å². The van der Waals surface area contributed by atoms with Crippen molar-refractivity contribution in [2.75, 3.05) is 24.4 Å². The molecule has 1 aromatic heterocycles. The van der Waals surface area contributed by atoms with E-state index in [0.29, 0.717) is 22.7 Å². The van der Waals surface area contributed by atoms with Crippen LogP contribution in [0.4, 0.5) is 17.1 Å². The first-order valence-corrected chi connectivity index (χ1v) is 10.4. The summed E-state index contributed by atoms with van der Waals surface area (Å²) in [6.45, 7) is 2.01. The van der Waals surface area contributed by atoms with Gasteiger partial charge in [0.05, 0.1) is 12.0 Å². The molecule has 0 aliphatic carbocycles. The number of benzene rings is 2. The van der Waals surface area contributed by atoms with Gasteiger partial charge in [0.15, 0.2) is 6.61 Å². The number of carbonyl (C=O) groups excluding carboxylic acids is 3. The van der Waals surface area contributed by atoms with Crippen molar-refractivity contribution in [2.24, 2.45) is 0 Å². The molecule has 0 fully saturated rings. The highest BCUT2D eigenvalue weighted by molar-refractivity contribution is 6.04. The van der Waals surface area contributed by atoms with Crippen LogP contribution in [-0.2, 0) is 20.9 Å². The van der Waals surface area contributed by atoms with Crippen LogP contribution in [0, 0.1) is 24.0 Å². The number of aromatic nitrogens is 2. The molecule has 12 nitrogen and oxygen atoms in total. The average molecular weight is 481 g/mol. The van der Waals surface area contributed by atoms with Gasteiger partial charge in [-0.05, 0) is 62.4 Å². The normalized spacial score (nSPS) is 10.4. The standard InChI is InChI=1S/C23H23N5O7/c1-14-22(28(32)33)15(2)27(26-14)12-21(30)35-13-20(29)24-17-6-4-16(5-7-17)23(31)25-18-8-10-19(34-3)11-9-18/h4-11H,12-13H2,1-3H3,(H,24,29)(H,25,31). The van der Waals surface area contributed by atoms with Crippen molar-refractivity contribution >= 4 is 34.8 Å². The largest absolute Gasteiger partial charge is 0.497 e. The van der Waals surface area contributed by atoms with Crippen molar-refractivity contribution in [1.82, 2.24) is 9.78 Å². The number of nitrogens with one attached hydrogen (secondary N) is 2. The van der Waals surface area contributed by atoms with Gasteiger partial charge >= 0.3 is 11.7 Å². The summed E-state index contributed by atoms with van der Waals surface area (Å²) < 4.78 is 11.2. The number of nitro groups is 1. The summed E-state index contributed by atoms with van der Waals surface area (Å²) in [5.74, 6) is -1.02. The quantitative estimate of drug-likeness (QED) is 0.269. The minimum Gasteiger partial charge on any atom is -0.497 e. The lowest BCUT2D eigenvalue weighted by atomic mass is 10.2. The Bertz CT molecular complexity index is 1250. The lowest BCUT2D eigenvalue weighted by Gasteiger charge is -2.09. The van der Waals surface area contributed by atoms with Crippen molar-refractivity contribution in [3.63, 3.8) is 0 Å². The molecule has 1 heterocycles. The maximum absolute atomic E-state index is 12.4. The van der Waals surface area contributed by atoms with E-state index in [4.69, 9.17) is 9.47 Å². The Morgan fingerprint density at radius 1 is 1.00 bits per heavy atom. The van der Waals surface area contributed by atoms with Crippen LogP contribution in [0.2, 0.25) is 0 Å². The number of esters is 1. The third kappa shape index (κ3) is 6.41. The summed E-state index contributed by atoms with van der Waals surface area (Å²) in [5, 5.41) is 20.3. The van der Waals surface area contributed by atoms with Gasteiger partial charge in [-0.25, -0.2) is 0 Å². The van der Waals surface area contributed by atoms with E-state index in [1.165, 1.54) is 38.1 Å². The van der Waals surface area contributed by atoms with E-state index in [9.17, 15) is 24.5 Å². The molecule has 0 spiro atoms. The third-order valence-electron chi connectivity index (χ3n) is 4.95. The summed E-state index contributed by atoms with van der Waals surface area (Å²) in [6, 6.07) is 13.0. The maximum Gasteiger partial charge on any atom is 0.328 e. The van der Waals surface area contributed by atoms with Gasteiger partial charge in [-0.1, -0.05) is 0 Å². The van der Waals surface area contributed by atoms with Crippen LogP contribution >= 0.6 is 0 Å². The van der Waals surface area contributed by atoms with Gasteiger partial charge in [0.25, 0.3) is 11.8 Å². The number of anilines is 2. The van der Waals surface area contributed by atoms with E-state index in [1.807, 2.05) is 0 Å². The van der Waals surface area contributed by atoms with Crippen molar-refractivity contribution < 1.29 is 28.8 Å². The molecule has 2 amide bonds. The molecule has 3 aromatic rings. The number of methoxy groups -OCH3 is 1. The van der Waals surface area contributed by atoms with E-state index in [-0.39, 0.29) is 29.5 Å². The molecular formula is C23H23N5O7. The van der Waals surface area contributed by atoms with E-state index in [1.54, 1.807) is 31.4 Å². The van der Waals surface area contributed by atoms with Crippen LogP contribution in [0.25, 0.3) is 0 Å². The number of aryl methyl sites for hydroxylation is 1. The van der Waals surface area contributed by atoms with Gasteiger partial charge in [0.1, 0.15) is 23.7 Å². The second-order valence-corrected chi connectivity index (χ2v) is 7.40. The summed E-state index contributed by atoms with van der Waals surface area (Å²) >= 11 is 0. The van der Waals surface area contributed by atoms with Crippen LogP contribution in [0.5, 0.6) is 5.75 Å². The summed E-state index contributed by atoms with van der Waals surface area (Å²) in [4.78, 5) is 47.0. The van der Waals surface area contributed by atoms with E-state index >= 15 is 0 Å². The summed E-state index contributed by atoms with van der Waals surface area (Å²) in [7, 11) is 1.55. The molecule has 0 atom stereocenters. The SMILES string of the molecule is COc1ccc(NC(=O)c2ccc(NC(=O)COC(=O)Cn3nc(C)c([N+](=O)[O-])c3C)cc2)cc1. The highest BCUT2D eigenvalue weighted by Crippen LogP contribution is 2.21. The first-order chi connectivity index (χ1) is 16.7. The van der Waals surface area contributed by atoms with Crippen molar-refractivity contribution in [2.45, 2.75) is 20.4 Å². The smallest absolute Gasteiger partial charge is 0.328 e. The molecule has 182 valence electrons. The van der Waals surface area contributed by atoms with Crippen LogP contribution in [-0.4, -0.2) is 46.2 Å². The second-order valence-electron chi connectivity index (χ2n) is 7.40. The van der Waals surface area contributed by atoms with Crippen LogP contribution < -0.4 is 15.4 Å². The molecular weight excluding hydrogens is 458 g/mol. The molecule has 0 saturated heterocycles. The Labute approximate surface area is 200 Å². The fourth-order valence-electron chi connectivity index (χ4n) is 3.20. The summed E-state index contributed by atoms with van der Waals surface area (Å²) in [6.07, 6.45) is 0. The number of amides is 2. The van der Waals surface area contributed by atoms with Crippen molar-refractivity contribution in [1.29, 1.82) is 0 Å². The predicted molar refractivity (Wildman–Crippen MR) is 125 cm³/mol. The Morgan fingerprint density at radius 3 is 2.17 bits per heavy atom. The van der Waals surface area contributed by atoms with Gasteiger partial charge in [0, 0.05) is 16.9 Å². The molecule has 12 heteroatoms. The number of hydrogen-bond donors (Lipinski definition) is 2. The lowest BCUT2D eigenvalue weighted by Crippen LogP contribution is -2.23. The highest BCUT2D eigenvalue weighted by atomic mass is 16.6. The van der Waals surface area contributed by atoms with Crippen molar-refractivity contribution in [3.05, 3.63) is 75.6 Å². The zero-order valence-electron chi connectivity index (χ0n) is 19.2. The molecule has 3 rings (SSSR count). The Hall–Kier alpha value is -4.74. The van der Waals surface area contributed by atoms with E-state index in [0.717, 1.165) is 4.68 Å². The molecule has 0 unspecified atom stereocenters. The van der Waals surface area contributed by atoms with Gasteiger partial charge in [-0.2, -0.15) is 5.10 Å². The molecule has 0 radical (unpaired) electrons. The first kappa shape index (κ1) is 24.9. The molecule has 2 N–H and O–H groups in total. The number of ether oxygens (including phenoxy) is 2. The second kappa shape index (κ2) is 10.9. The number of hydrogen-bond acceptors (Lipinski definition) is 8. The van der Waals surface area contributed by atoms with E-state index in [2.05, 4.69) is 15.7 Å². The minimum atomic E-state index is -0.772. The zero-order valence-corrected chi connectivity index (χ0v) is 19.2. The average Bonchev–Trinajstić information content (AvgIpc) is 3.11. The van der Waals surface area contributed by atoms with Gasteiger partial charge in [-0.3, -0.25) is 29.2 Å². The lowest BCUT2D eigenvalue weighted by molar-refractivity contribution is -0.386. The van der Waals surface area contributed by atoms with Crippen LogP contribution in [0.15, 0.2) is 48.5 Å². The van der Waals surface area contributed by atoms with Gasteiger partial charge < -0.3 is 20.1 Å². The topological polar surface area (TPSA) is 155 Å². The Balaban J connectivity index is 1.48. The van der Waals surface area contributed by atoms with Crippen LogP contribution in [0.1, 0.15) is 21.7 Å². The first-order valence-electron chi connectivity index (χ1n) is 10.4. The monoisotopic (exact) mass is 481 g/mol. The molecule has 0 aliphatic rings. The molecule has 0 bridgehead atoms. The molecule has 0 aliphatic heterocycles. The number of nitrogens with zero attached hydrogens (tertiary/aromatic N) is 3.